The fraction of sp³-hybridized carbons (Fsp3) is 0.273. The van der Waals surface area contributed by atoms with Crippen molar-refractivity contribution in [1.29, 1.82) is 0 Å². The van der Waals surface area contributed by atoms with Gasteiger partial charge in [0.1, 0.15) is 6.29 Å². The lowest BCUT2D eigenvalue weighted by molar-refractivity contribution is 0.112. The number of hydrogen-bond acceptors (Lipinski definition) is 4. The van der Waals surface area contributed by atoms with Gasteiger partial charge in [-0.2, -0.15) is 0 Å². The number of aldehydes is 1. The van der Waals surface area contributed by atoms with Crippen LogP contribution in [0, 0.1) is 0 Å². The number of aromatic nitrogens is 1. The van der Waals surface area contributed by atoms with Crippen LogP contribution in [0.3, 0.4) is 0 Å². The van der Waals surface area contributed by atoms with Crippen molar-refractivity contribution < 1.29 is 14.3 Å². The van der Waals surface area contributed by atoms with E-state index < -0.39 is 5.76 Å². The number of carbonyl (C=O) groups excluding carboxylic acids is 1. The van der Waals surface area contributed by atoms with Crippen LogP contribution in [-0.2, 0) is 6.54 Å². The number of fused-ring (bicyclic) bond motifs is 1. The van der Waals surface area contributed by atoms with Gasteiger partial charge in [-0.15, -0.1) is 0 Å². The fourth-order valence-corrected chi connectivity index (χ4v) is 1.60. The number of oxazole rings is 1. The minimum atomic E-state index is -0.466. The molecule has 0 atom stereocenters. The van der Waals surface area contributed by atoms with Crippen LogP contribution in [0.5, 0.6) is 0 Å². The van der Waals surface area contributed by atoms with E-state index in [0.717, 1.165) is 0 Å². The Morgan fingerprint density at radius 3 is 2.94 bits per heavy atom. The largest absolute Gasteiger partial charge is 0.419 e. The molecule has 2 aromatic rings. The lowest BCUT2D eigenvalue weighted by atomic mass is 10.2. The van der Waals surface area contributed by atoms with Gasteiger partial charge in [-0.3, -0.25) is 9.36 Å². The Morgan fingerprint density at radius 2 is 2.25 bits per heavy atom. The van der Waals surface area contributed by atoms with Crippen molar-refractivity contribution in [3.05, 3.63) is 34.3 Å². The number of nitrogens with zero attached hydrogens (tertiary/aromatic N) is 1. The summed E-state index contributed by atoms with van der Waals surface area (Å²) < 4.78 is 6.45. The highest BCUT2D eigenvalue weighted by atomic mass is 16.4. The number of hydrogen-bond donors (Lipinski definition) is 1. The Bertz CT molecular complexity index is 567. The van der Waals surface area contributed by atoms with Gasteiger partial charge >= 0.3 is 5.76 Å². The van der Waals surface area contributed by atoms with Gasteiger partial charge in [-0.1, -0.05) is 0 Å². The van der Waals surface area contributed by atoms with Crippen molar-refractivity contribution in [1.82, 2.24) is 4.57 Å². The average Bonchev–Trinajstić information content (AvgIpc) is 2.61. The Hall–Kier alpha value is -1.88. The highest BCUT2D eigenvalue weighted by molar-refractivity contribution is 5.83. The maximum Gasteiger partial charge on any atom is 0.419 e. The number of benzene rings is 1. The van der Waals surface area contributed by atoms with Gasteiger partial charge in [-0.05, 0) is 24.6 Å². The second kappa shape index (κ2) is 4.32. The van der Waals surface area contributed by atoms with Gasteiger partial charge in [0, 0.05) is 18.7 Å². The normalized spacial score (nSPS) is 10.8. The van der Waals surface area contributed by atoms with E-state index in [-0.39, 0.29) is 6.61 Å². The van der Waals surface area contributed by atoms with E-state index in [1.54, 1.807) is 12.1 Å². The summed E-state index contributed by atoms with van der Waals surface area (Å²) in [5.74, 6) is -0.466. The van der Waals surface area contributed by atoms with E-state index in [9.17, 15) is 9.59 Å². The lowest BCUT2D eigenvalue weighted by Gasteiger charge is -1.99. The second-order valence-corrected chi connectivity index (χ2v) is 3.44. The zero-order valence-corrected chi connectivity index (χ0v) is 8.55. The summed E-state index contributed by atoms with van der Waals surface area (Å²) in [5.41, 5.74) is 1.51. The SMILES string of the molecule is O=Cc1ccc2c(c1)oc(=O)n2CCCO. The van der Waals surface area contributed by atoms with Crippen LogP contribution >= 0.6 is 0 Å². The van der Waals surface area contributed by atoms with Crippen molar-refractivity contribution >= 4 is 17.4 Å². The Kier molecular flexibility index (Phi) is 2.87. The molecule has 1 aromatic heterocycles. The zero-order valence-electron chi connectivity index (χ0n) is 8.55. The minimum Gasteiger partial charge on any atom is -0.408 e. The molecule has 0 unspecified atom stereocenters. The molecule has 0 spiro atoms. The molecule has 16 heavy (non-hydrogen) atoms. The number of aryl methyl sites for hydroxylation is 1. The monoisotopic (exact) mass is 221 g/mol. The van der Waals surface area contributed by atoms with Crippen LogP contribution < -0.4 is 5.76 Å². The number of aliphatic hydroxyl groups is 1. The molecule has 5 heteroatoms. The molecule has 0 radical (unpaired) electrons. The van der Waals surface area contributed by atoms with Crippen LogP contribution in [0.1, 0.15) is 16.8 Å². The number of aliphatic hydroxyl groups excluding tert-OH is 1. The molecule has 84 valence electrons. The van der Waals surface area contributed by atoms with Gasteiger partial charge in [0.2, 0.25) is 0 Å². The molecule has 0 aliphatic rings. The summed E-state index contributed by atoms with van der Waals surface area (Å²) in [6.07, 6.45) is 1.19. The summed E-state index contributed by atoms with van der Waals surface area (Å²) in [4.78, 5) is 22.0. The Labute approximate surface area is 90.9 Å². The second-order valence-electron chi connectivity index (χ2n) is 3.44. The standard InChI is InChI=1S/C11H11NO4/c13-5-1-4-12-9-3-2-8(7-14)6-10(9)16-11(12)15/h2-3,6-7,13H,1,4-5H2. The van der Waals surface area contributed by atoms with Crippen LogP contribution in [0.4, 0.5) is 0 Å². The summed E-state index contributed by atoms with van der Waals surface area (Å²) in [5, 5.41) is 8.72. The maximum atomic E-state index is 11.5. The molecule has 0 amide bonds. The van der Waals surface area contributed by atoms with Gasteiger partial charge in [0.25, 0.3) is 0 Å². The Morgan fingerprint density at radius 1 is 1.44 bits per heavy atom. The predicted molar refractivity (Wildman–Crippen MR) is 57.6 cm³/mol. The fourth-order valence-electron chi connectivity index (χ4n) is 1.60. The van der Waals surface area contributed by atoms with Crippen LogP contribution in [0.2, 0.25) is 0 Å². The quantitative estimate of drug-likeness (QED) is 0.775. The molecule has 1 heterocycles. The van der Waals surface area contributed by atoms with Crippen molar-refractivity contribution in [2.45, 2.75) is 13.0 Å². The number of rotatable bonds is 4. The molecule has 0 aliphatic carbocycles. The molecule has 5 nitrogen and oxygen atoms in total. The van der Waals surface area contributed by atoms with E-state index in [2.05, 4.69) is 0 Å². The summed E-state index contributed by atoms with van der Waals surface area (Å²) >= 11 is 0. The third-order valence-corrected chi connectivity index (χ3v) is 2.37. The van der Waals surface area contributed by atoms with E-state index in [1.165, 1.54) is 10.6 Å². The summed E-state index contributed by atoms with van der Waals surface area (Å²) in [6, 6.07) is 4.82. The van der Waals surface area contributed by atoms with Crippen molar-refractivity contribution in [2.75, 3.05) is 6.61 Å². The maximum absolute atomic E-state index is 11.5. The average molecular weight is 221 g/mol. The third-order valence-electron chi connectivity index (χ3n) is 2.37. The first-order valence-corrected chi connectivity index (χ1v) is 4.95. The van der Waals surface area contributed by atoms with Crippen molar-refractivity contribution in [3.63, 3.8) is 0 Å². The molecule has 1 aromatic carbocycles. The first-order chi connectivity index (χ1) is 7.76. The predicted octanol–water partition coefficient (Wildman–Crippen LogP) is 0.789. The van der Waals surface area contributed by atoms with Gasteiger partial charge in [-0.25, -0.2) is 4.79 Å². The zero-order chi connectivity index (χ0) is 11.5. The highest BCUT2D eigenvalue weighted by Crippen LogP contribution is 2.14. The molecular weight excluding hydrogens is 210 g/mol. The molecule has 0 fully saturated rings. The van der Waals surface area contributed by atoms with E-state index >= 15 is 0 Å². The van der Waals surface area contributed by atoms with Gasteiger partial charge in [0.05, 0.1) is 5.52 Å². The third kappa shape index (κ3) is 1.77. The van der Waals surface area contributed by atoms with Crippen LogP contribution in [-0.4, -0.2) is 22.6 Å². The Balaban J connectivity index is 2.53. The first kappa shape index (κ1) is 10.6. The van der Waals surface area contributed by atoms with E-state index in [1.807, 2.05) is 0 Å². The van der Waals surface area contributed by atoms with Gasteiger partial charge in [0.15, 0.2) is 5.58 Å². The highest BCUT2D eigenvalue weighted by Gasteiger charge is 2.08. The van der Waals surface area contributed by atoms with E-state index in [0.29, 0.717) is 35.9 Å². The summed E-state index contributed by atoms with van der Waals surface area (Å²) in [6.45, 7) is 0.425. The molecular formula is C11H11NO4. The topological polar surface area (TPSA) is 72.4 Å². The molecule has 0 saturated carbocycles. The van der Waals surface area contributed by atoms with Crippen LogP contribution in [0.25, 0.3) is 11.1 Å². The van der Waals surface area contributed by atoms with Crippen molar-refractivity contribution in [2.24, 2.45) is 0 Å². The molecule has 0 aliphatic heterocycles. The van der Waals surface area contributed by atoms with Gasteiger partial charge < -0.3 is 9.52 Å². The summed E-state index contributed by atoms with van der Waals surface area (Å²) in [7, 11) is 0. The molecule has 1 N–H and O–H groups in total. The molecule has 2 rings (SSSR count). The lowest BCUT2D eigenvalue weighted by Crippen LogP contribution is -2.14. The van der Waals surface area contributed by atoms with Crippen molar-refractivity contribution in [3.8, 4) is 0 Å². The first-order valence-electron chi connectivity index (χ1n) is 4.95. The smallest absolute Gasteiger partial charge is 0.408 e. The minimum absolute atomic E-state index is 0.0194. The molecule has 0 bridgehead atoms. The van der Waals surface area contributed by atoms with E-state index in [4.69, 9.17) is 9.52 Å². The molecule has 0 saturated heterocycles. The van der Waals surface area contributed by atoms with Crippen LogP contribution in [0.15, 0.2) is 27.4 Å². The number of carbonyl (C=O) groups is 1.